The van der Waals surface area contributed by atoms with Crippen LogP contribution in [0, 0.1) is 33.6 Å². The van der Waals surface area contributed by atoms with Gasteiger partial charge in [-0.2, -0.15) is 0 Å². The highest BCUT2D eigenvalue weighted by atomic mass is 35.5. The number of rotatable bonds is 5. The Balaban J connectivity index is 0.00000220. The molecule has 0 spiro atoms. The van der Waals surface area contributed by atoms with Gasteiger partial charge in [-0.3, -0.25) is 0 Å². The monoisotopic (exact) mass is 332 g/mol. The van der Waals surface area contributed by atoms with Crippen molar-refractivity contribution in [3.8, 4) is 0 Å². The lowest BCUT2D eigenvalue weighted by molar-refractivity contribution is 0.518. The fourth-order valence-corrected chi connectivity index (χ4v) is 4.61. The van der Waals surface area contributed by atoms with E-state index in [1.807, 2.05) is 33.8 Å². The minimum atomic E-state index is -3.51. The van der Waals surface area contributed by atoms with Gasteiger partial charge < -0.3 is 5.73 Å². The maximum Gasteiger partial charge on any atom is 0.241 e. The summed E-state index contributed by atoms with van der Waals surface area (Å²) in [6, 6.07) is 1.89. The molecule has 0 aromatic heterocycles. The van der Waals surface area contributed by atoms with Crippen LogP contribution in [0.1, 0.15) is 35.1 Å². The molecule has 0 heterocycles. The lowest BCUT2D eigenvalue weighted by atomic mass is 10.0. The predicted molar refractivity (Wildman–Crippen MR) is 88.5 cm³/mol. The zero-order chi connectivity index (χ0) is 15.1. The van der Waals surface area contributed by atoms with E-state index in [2.05, 4.69) is 4.72 Å². The van der Waals surface area contributed by atoms with E-state index < -0.39 is 10.0 Å². The van der Waals surface area contributed by atoms with Crippen molar-refractivity contribution in [2.75, 3.05) is 6.54 Å². The summed E-state index contributed by atoms with van der Waals surface area (Å²) in [6.45, 7) is 7.98. The number of sulfonamides is 1. The summed E-state index contributed by atoms with van der Waals surface area (Å²) in [5.74, 6) is 0.404. The molecule has 21 heavy (non-hydrogen) atoms. The molecule has 1 aromatic carbocycles. The molecule has 4 nitrogen and oxygen atoms in total. The van der Waals surface area contributed by atoms with Crippen molar-refractivity contribution in [3.63, 3.8) is 0 Å². The third-order valence-electron chi connectivity index (χ3n) is 4.32. The van der Waals surface area contributed by atoms with Gasteiger partial charge in [-0.25, -0.2) is 13.1 Å². The number of hydrogen-bond donors (Lipinski definition) is 2. The van der Waals surface area contributed by atoms with Crippen LogP contribution < -0.4 is 10.5 Å². The van der Waals surface area contributed by atoms with Crippen molar-refractivity contribution in [2.24, 2.45) is 11.7 Å². The SMILES string of the molecule is Cc1cc(C)c(C)c(S(=O)(=O)NC(CN)C2CC2)c1C.Cl. The second-order valence-corrected chi connectivity index (χ2v) is 7.54. The van der Waals surface area contributed by atoms with Crippen LogP contribution in [0.4, 0.5) is 0 Å². The number of nitrogens with two attached hydrogens (primary N) is 1. The average molecular weight is 333 g/mol. The second-order valence-electron chi connectivity index (χ2n) is 5.89. The van der Waals surface area contributed by atoms with Gasteiger partial charge in [0, 0.05) is 12.6 Å². The molecule has 1 atom stereocenters. The predicted octanol–water partition coefficient (Wildman–Crippen LogP) is 2.36. The minimum absolute atomic E-state index is 0. The van der Waals surface area contributed by atoms with E-state index >= 15 is 0 Å². The van der Waals surface area contributed by atoms with Crippen molar-refractivity contribution in [1.82, 2.24) is 4.72 Å². The average Bonchev–Trinajstić information content (AvgIpc) is 3.18. The Morgan fingerprint density at radius 1 is 1.19 bits per heavy atom. The van der Waals surface area contributed by atoms with E-state index in [4.69, 9.17) is 5.73 Å². The molecule has 2 rings (SSSR count). The number of hydrogen-bond acceptors (Lipinski definition) is 3. The molecule has 120 valence electrons. The van der Waals surface area contributed by atoms with Crippen LogP contribution in [0.2, 0.25) is 0 Å². The number of nitrogens with one attached hydrogen (secondary N) is 1. The number of benzene rings is 1. The van der Waals surface area contributed by atoms with Gasteiger partial charge in [0.2, 0.25) is 10.0 Å². The summed E-state index contributed by atoms with van der Waals surface area (Å²) in [5, 5.41) is 0. The van der Waals surface area contributed by atoms with Crippen LogP contribution in [0.25, 0.3) is 0 Å². The Morgan fingerprint density at radius 3 is 2.05 bits per heavy atom. The van der Waals surface area contributed by atoms with Gasteiger partial charge in [-0.15, -0.1) is 12.4 Å². The quantitative estimate of drug-likeness (QED) is 0.869. The zero-order valence-corrected chi connectivity index (χ0v) is 14.7. The molecule has 0 bridgehead atoms. The van der Waals surface area contributed by atoms with Crippen LogP contribution in [-0.2, 0) is 10.0 Å². The van der Waals surface area contributed by atoms with E-state index in [9.17, 15) is 8.42 Å². The van der Waals surface area contributed by atoms with Crippen molar-refractivity contribution in [1.29, 1.82) is 0 Å². The summed E-state index contributed by atoms with van der Waals surface area (Å²) in [6.07, 6.45) is 2.13. The van der Waals surface area contributed by atoms with E-state index in [1.165, 1.54) is 0 Å². The fraction of sp³-hybridized carbons (Fsp3) is 0.600. The molecular weight excluding hydrogens is 308 g/mol. The van der Waals surface area contributed by atoms with E-state index in [0.717, 1.165) is 35.1 Å². The molecule has 6 heteroatoms. The number of aryl methyl sites for hydroxylation is 2. The highest BCUT2D eigenvalue weighted by Gasteiger charge is 2.34. The third-order valence-corrected chi connectivity index (χ3v) is 6.08. The van der Waals surface area contributed by atoms with Crippen molar-refractivity contribution in [2.45, 2.75) is 51.5 Å². The molecule has 1 aliphatic carbocycles. The molecule has 1 saturated carbocycles. The standard InChI is InChI=1S/C15H24N2O2S.ClH/c1-9-7-10(2)12(4)15(11(9)3)20(18,19)17-14(8-16)13-5-6-13;/h7,13-14,17H,5-6,8,16H2,1-4H3;1H. The normalized spacial score (nSPS) is 16.4. The molecule has 0 aliphatic heterocycles. The molecule has 0 amide bonds. The highest BCUT2D eigenvalue weighted by Crippen LogP contribution is 2.33. The Hall–Kier alpha value is -0.620. The fourth-order valence-electron chi connectivity index (χ4n) is 2.68. The molecular formula is C15H25ClN2O2S. The summed E-state index contributed by atoms with van der Waals surface area (Å²) in [5.41, 5.74) is 9.37. The van der Waals surface area contributed by atoms with Gasteiger partial charge in [0.05, 0.1) is 4.90 Å². The van der Waals surface area contributed by atoms with Crippen molar-refractivity contribution >= 4 is 22.4 Å². The van der Waals surface area contributed by atoms with Crippen LogP contribution in [-0.4, -0.2) is 21.0 Å². The molecule has 0 saturated heterocycles. The van der Waals surface area contributed by atoms with Crippen LogP contribution >= 0.6 is 12.4 Å². The van der Waals surface area contributed by atoms with Crippen molar-refractivity contribution in [3.05, 3.63) is 28.3 Å². The van der Waals surface area contributed by atoms with Gasteiger partial charge in [-0.1, -0.05) is 6.07 Å². The molecule has 1 aromatic rings. The highest BCUT2D eigenvalue weighted by molar-refractivity contribution is 7.89. The first-order valence-electron chi connectivity index (χ1n) is 7.07. The summed E-state index contributed by atoms with van der Waals surface area (Å²) in [7, 11) is -3.51. The van der Waals surface area contributed by atoms with Gasteiger partial charge in [-0.05, 0) is 68.7 Å². The van der Waals surface area contributed by atoms with Gasteiger partial charge in [0.15, 0.2) is 0 Å². The maximum absolute atomic E-state index is 12.7. The van der Waals surface area contributed by atoms with Crippen LogP contribution in [0.15, 0.2) is 11.0 Å². The molecule has 1 unspecified atom stereocenters. The smallest absolute Gasteiger partial charge is 0.241 e. The van der Waals surface area contributed by atoms with Gasteiger partial charge in [0.25, 0.3) is 0 Å². The van der Waals surface area contributed by atoms with E-state index in [1.54, 1.807) is 0 Å². The van der Waals surface area contributed by atoms with E-state index in [-0.39, 0.29) is 18.4 Å². The zero-order valence-electron chi connectivity index (χ0n) is 13.1. The molecule has 3 N–H and O–H groups in total. The lowest BCUT2D eigenvalue weighted by Crippen LogP contribution is -2.42. The summed E-state index contributed by atoms with van der Waals surface area (Å²) >= 11 is 0. The first-order chi connectivity index (χ1) is 9.27. The molecule has 1 aliphatic rings. The Bertz CT molecular complexity index is 599. The second kappa shape index (κ2) is 6.65. The Kier molecular flexibility index (Phi) is 5.83. The Labute approximate surface area is 134 Å². The third kappa shape index (κ3) is 3.77. The summed E-state index contributed by atoms with van der Waals surface area (Å²) < 4.78 is 28.2. The maximum atomic E-state index is 12.7. The largest absolute Gasteiger partial charge is 0.329 e. The lowest BCUT2D eigenvalue weighted by Gasteiger charge is -2.20. The topological polar surface area (TPSA) is 72.2 Å². The van der Waals surface area contributed by atoms with Crippen LogP contribution in [0.5, 0.6) is 0 Å². The summed E-state index contributed by atoms with van der Waals surface area (Å²) in [4.78, 5) is 0.425. The van der Waals surface area contributed by atoms with Crippen LogP contribution in [0.3, 0.4) is 0 Å². The molecule has 1 fully saturated rings. The van der Waals surface area contributed by atoms with E-state index in [0.29, 0.717) is 17.4 Å². The number of halogens is 1. The first kappa shape index (κ1) is 18.4. The first-order valence-corrected chi connectivity index (χ1v) is 8.56. The molecule has 0 radical (unpaired) electrons. The van der Waals surface area contributed by atoms with Gasteiger partial charge in [0.1, 0.15) is 0 Å². The Morgan fingerprint density at radius 2 is 1.67 bits per heavy atom. The minimum Gasteiger partial charge on any atom is -0.329 e. The van der Waals surface area contributed by atoms with Gasteiger partial charge >= 0.3 is 0 Å². The van der Waals surface area contributed by atoms with Crippen molar-refractivity contribution < 1.29 is 8.42 Å².